The van der Waals surface area contributed by atoms with E-state index in [1.54, 1.807) is 7.11 Å². The minimum Gasteiger partial charge on any atom is -0.497 e. The van der Waals surface area contributed by atoms with E-state index in [1.165, 1.54) is 5.56 Å². The number of aromatic amines is 1. The minimum absolute atomic E-state index is 0.000546. The molecule has 0 unspecified atom stereocenters. The molecule has 0 amide bonds. The van der Waals surface area contributed by atoms with Crippen molar-refractivity contribution in [3.8, 4) is 5.75 Å². The molecule has 0 spiro atoms. The third-order valence-corrected chi connectivity index (χ3v) is 5.02. The molecule has 2 aliphatic rings. The second kappa shape index (κ2) is 7.47. The average molecular weight is 356 g/mol. The summed E-state index contributed by atoms with van der Waals surface area (Å²) in [5, 5.41) is 0. The minimum atomic E-state index is 0.000546. The van der Waals surface area contributed by atoms with Crippen LogP contribution in [-0.4, -0.2) is 54.8 Å². The molecule has 7 nitrogen and oxygen atoms in total. The Labute approximate surface area is 152 Å². The first kappa shape index (κ1) is 17.1. The average Bonchev–Trinajstić information content (AvgIpc) is 2.69. The molecule has 0 saturated carbocycles. The van der Waals surface area contributed by atoms with Crippen molar-refractivity contribution in [3.63, 3.8) is 0 Å². The Kier molecular flexibility index (Phi) is 4.90. The van der Waals surface area contributed by atoms with E-state index < -0.39 is 0 Å². The van der Waals surface area contributed by atoms with Crippen LogP contribution in [0.15, 0.2) is 29.1 Å². The number of ether oxygens (including phenoxy) is 2. The highest BCUT2D eigenvalue weighted by molar-refractivity contribution is 5.35. The van der Waals surface area contributed by atoms with Crippen molar-refractivity contribution < 1.29 is 9.47 Å². The number of fused-ring (bicyclic) bond motifs is 1. The van der Waals surface area contributed by atoms with Crippen LogP contribution in [0.4, 0.5) is 5.95 Å². The number of anilines is 1. The maximum absolute atomic E-state index is 12.5. The molecule has 7 heteroatoms. The van der Waals surface area contributed by atoms with Gasteiger partial charge in [-0.3, -0.25) is 14.7 Å². The molecule has 138 valence electrons. The van der Waals surface area contributed by atoms with E-state index in [0.29, 0.717) is 25.7 Å². The van der Waals surface area contributed by atoms with Crippen molar-refractivity contribution in [2.24, 2.45) is 0 Å². The summed E-state index contributed by atoms with van der Waals surface area (Å²) in [6, 6.07) is 8.12. The fourth-order valence-corrected chi connectivity index (χ4v) is 3.53. The topological polar surface area (TPSA) is 70.7 Å². The largest absolute Gasteiger partial charge is 0.497 e. The summed E-state index contributed by atoms with van der Waals surface area (Å²) in [5.41, 5.74) is 2.95. The maximum atomic E-state index is 12.5. The molecule has 1 aromatic heterocycles. The molecule has 1 saturated heterocycles. The second-order valence-electron chi connectivity index (χ2n) is 6.72. The standard InChI is InChI=1S/C19H24N4O3/c1-25-15-4-2-14(3-5-15)12-22-7-6-16-17(13-22)20-19(21-18(16)24)23-8-10-26-11-9-23/h2-5H,6-13H2,1H3,(H,20,21,24). The molecule has 1 aromatic carbocycles. The first-order valence-electron chi connectivity index (χ1n) is 9.03. The molecule has 0 atom stereocenters. The van der Waals surface area contributed by atoms with Crippen molar-refractivity contribution in [2.45, 2.75) is 19.5 Å². The Hall–Kier alpha value is -2.38. The lowest BCUT2D eigenvalue weighted by molar-refractivity contribution is 0.122. The van der Waals surface area contributed by atoms with E-state index in [9.17, 15) is 4.79 Å². The molecule has 26 heavy (non-hydrogen) atoms. The fraction of sp³-hybridized carbons (Fsp3) is 0.474. The quantitative estimate of drug-likeness (QED) is 0.887. The maximum Gasteiger partial charge on any atom is 0.255 e. The van der Waals surface area contributed by atoms with E-state index in [-0.39, 0.29) is 5.56 Å². The number of hydrogen-bond acceptors (Lipinski definition) is 6. The monoisotopic (exact) mass is 356 g/mol. The molecular weight excluding hydrogens is 332 g/mol. The van der Waals surface area contributed by atoms with Crippen LogP contribution in [0.5, 0.6) is 5.75 Å². The van der Waals surface area contributed by atoms with Gasteiger partial charge in [0, 0.05) is 38.3 Å². The summed E-state index contributed by atoms with van der Waals surface area (Å²) in [6.07, 6.45) is 0.733. The smallest absolute Gasteiger partial charge is 0.255 e. The van der Waals surface area contributed by atoms with E-state index in [0.717, 1.165) is 49.6 Å². The highest BCUT2D eigenvalue weighted by Crippen LogP contribution is 2.20. The van der Waals surface area contributed by atoms with Crippen LogP contribution >= 0.6 is 0 Å². The van der Waals surface area contributed by atoms with Crippen molar-refractivity contribution in [2.75, 3.05) is 44.9 Å². The molecule has 2 aliphatic heterocycles. The van der Waals surface area contributed by atoms with Gasteiger partial charge < -0.3 is 14.4 Å². The van der Waals surface area contributed by atoms with Gasteiger partial charge in [-0.15, -0.1) is 0 Å². The second-order valence-corrected chi connectivity index (χ2v) is 6.72. The summed E-state index contributed by atoms with van der Waals surface area (Å²) in [6.45, 7) is 5.26. The zero-order chi connectivity index (χ0) is 17.9. The normalized spacial score (nSPS) is 17.8. The van der Waals surface area contributed by atoms with E-state index in [4.69, 9.17) is 14.5 Å². The fourth-order valence-electron chi connectivity index (χ4n) is 3.53. The van der Waals surface area contributed by atoms with Gasteiger partial charge in [0.15, 0.2) is 0 Å². The van der Waals surface area contributed by atoms with E-state index >= 15 is 0 Å². The molecule has 0 aliphatic carbocycles. The Bertz CT molecular complexity index is 813. The summed E-state index contributed by atoms with van der Waals surface area (Å²) >= 11 is 0. The number of aromatic nitrogens is 2. The van der Waals surface area contributed by atoms with Crippen LogP contribution in [0.1, 0.15) is 16.8 Å². The van der Waals surface area contributed by atoms with Gasteiger partial charge in [0.1, 0.15) is 5.75 Å². The Morgan fingerprint density at radius 3 is 2.69 bits per heavy atom. The molecule has 1 N–H and O–H groups in total. The van der Waals surface area contributed by atoms with Gasteiger partial charge in [-0.05, 0) is 24.1 Å². The number of benzene rings is 1. The summed E-state index contributed by atoms with van der Waals surface area (Å²) in [7, 11) is 1.67. The lowest BCUT2D eigenvalue weighted by Crippen LogP contribution is -2.40. The number of methoxy groups -OCH3 is 1. The van der Waals surface area contributed by atoms with Gasteiger partial charge >= 0.3 is 0 Å². The highest BCUT2D eigenvalue weighted by atomic mass is 16.5. The Morgan fingerprint density at radius 2 is 1.96 bits per heavy atom. The van der Waals surface area contributed by atoms with Crippen LogP contribution in [0.3, 0.4) is 0 Å². The first-order valence-corrected chi connectivity index (χ1v) is 9.03. The molecule has 4 rings (SSSR count). The molecule has 0 radical (unpaired) electrons. The lowest BCUT2D eigenvalue weighted by atomic mass is 10.1. The SMILES string of the molecule is COc1ccc(CN2CCc3c(nc(N4CCOCC4)[nH]c3=O)C2)cc1. The summed E-state index contributed by atoms with van der Waals surface area (Å²) in [5.74, 6) is 1.53. The van der Waals surface area contributed by atoms with E-state index in [1.807, 2.05) is 12.1 Å². The van der Waals surface area contributed by atoms with Crippen molar-refractivity contribution in [1.29, 1.82) is 0 Å². The molecule has 1 fully saturated rings. The zero-order valence-corrected chi connectivity index (χ0v) is 15.0. The Morgan fingerprint density at radius 1 is 1.19 bits per heavy atom. The van der Waals surface area contributed by atoms with E-state index in [2.05, 4.69) is 26.9 Å². The number of nitrogens with zero attached hydrogens (tertiary/aromatic N) is 3. The van der Waals surface area contributed by atoms with Crippen LogP contribution in [-0.2, 0) is 24.2 Å². The van der Waals surface area contributed by atoms with Crippen LogP contribution < -0.4 is 15.2 Å². The van der Waals surface area contributed by atoms with Crippen molar-refractivity contribution in [3.05, 3.63) is 51.4 Å². The number of nitrogens with one attached hydrogen (secondary N) is 1. The van der Waals surface area contributed by atoms with Crippen LogP contribution in [0.2, 0.25) is 0 Å². The highest BCUT2D eigenvalue weighted by Gasteiger charge is 2.23. The van der Waals surface area contributed by atoms with Gasteiger partial charge in [0.2, 0.25) is 5.95 Å². The van der Waals surface area contributed by atoms with Gasteiger partial charge in [0.25, 0.3) is 5.56 Å². The zero-order valence-electron chi connectivity index (χ0n) is 15.0. The summed E-state index contributed by atoms with van der Waals surface area (Å²) < 4.78 is 10.6. The number of hydrogen-bond donors (Lipinski definition) is 1. The lowest BCUT2D eigenvalue weighted by Gasteiger charge is -2.30. The van der Waals surface area contributed by atoms with Gasteiger partial charge in [0.05, 0.1) is 26.0 Å². The third kappa shape index (κ3) is 3.59. The molecule has 2 aromatic rings. The number of H-pyrrole nitrogens is 1. The summed E-state index contributed by atoms with van der Waals surface area (Å²) in [4.78, 5) is 24.6. The van der Waals surface area contributed by atoms with Gasteiger partial charge in [-0.25, -0.2) is 4.98 Å². The number of rotatable bonds is 4. The molecule has 0 bridgehead atoms. The molecule has 3 heterocycles. The van der Waals surface area contributed by atoms with Gasteiger partial charge in [-0.2, -0.15) is 0 Å². The van der Waals surface area contributed by atoms with Crippen molar-refractivity contribution >= 4 is 5.95 Å². The van der Waals surface area contributed by atoms with Crippen molar-refractivity contribution in [1.82, 2.24) is 14.9 Å². The predicted octanol–water partition coefficient (Wildman–Crippen LogP) is 1.17. The first-order chi connectivity index (χ1) is 12.7. The van der Waals surface area contributed by atoms with Crippen LogP contribution in [0, 0.1) is 0 Å². The predicted molar refractivity (Wildman–Crippen MR) is 98.7 cm³/mol. The number of morpholine rings is 1. The molecular formula is C19H24N4O3. The Balaban J connectivity index is 1.51. The third-order valence-electron chi connectivity index (χ3n) is 5.02. The van der Waals surface area contributed by atoms with Crippen LogP contribution in [0.25, 0.3) is 0 Å². The van der Waals surface area contributed by atoms with Gasteiger partial charge in [-0.1, -0.05) is 12.1 Å².